The third kappa shape index (κ3) is 13.4. The van der Waals surface area contributed by atoms with Crippen molar-refractivity contribution in [2.75, 3.05) is 19.6 Å². The molecule has 0 spiro atoms. The first kappa shape index (κ1) is 23.2. The van der Waals surface area contributed by atoms with Crippen molar-refractivity contribution in [2.45, 2.75) is 104 Å². The molecule has 1 nitrogen and oxygen atoms in total. The second-order valence-corrected chi connectivity index (χ2v) is 7.97. The number of benzene rings is 1. The third-order valence-electron chi connectivity index (χ3n) is 5.36. The normalized spacial score (nSPS) is 11.3. The van der Waals surface area contributed by atoms with E-state index in [1.54, 1.807) is 0 Å². The van der Waals surface area contributed by atoms with Crippen molar-refractivity contribution >= 4 is 0 Å². The van der Waals surface area contributed by atoms with E-state index in [9.17, 15) is 0 Å². The van der Waals surface area contributed by atoms with Gasteiger partial charge in [0.1, 0.15) is 0 Å². The molecular formula is C25H45N. The summed E-state index contributed by atoms with van der Waals surface area (Å²) in [7, 11) is 0. The SMILES string of the molecule is CCCN(CCC)CCCCCCCCCCCCCc1ccccc1. The number of hydrogen-bond acceptors (Lipinski definition) is 1. The highest BCUT2D eigenvalue weighted by molar-refractivity contribution is 5.14. The summed E-state index contributed by atoms with van der Waals surface area (Å²) in [6.07, 6.45) is 19.6. The van der Waals surface area contributed by atoms with Crippen LogP contribution in [0.2, 0.25) is 0 Å². The summed E-state index contributed by atoms with van der Waals surface area (Å²) in [6, 6.07) is 10.9. The van der Waals surface area contributed by atoms with Crippen LogP contribution in [0.4, 0.5) is 0 Å². The summed E-state index contributed by atoms with van der Waals surface area (Å²) in [5.74, 6) is 0. The highest BCUT2D eigenvalue weighted by atomic mass is 15.1. The van der Waals surface area contributed by atoms with E-state index in [-0.39, 0.29) is 0 Å². The lowest BCUT2D eigenvalue weighted by atomic mass is 10.0. The topological polar surface area (TPSA) is 3.24 Å². The van der Waals surface area contributed by atoms with Crippen molar-refractivity contribution in [3.63, 3.8) is 0 Å². The van der Waals surface area contributed by atoms with Crippen molar-refractivity contribution in [3.05, 3.63) is 35.9 Å². The molecule has 26 heavy (non-hydrogen) atoms. The Morgan fingerprint density at radius 3 is 1.50 bits per heavy atom. The molecule has 1 aromatic rings. The van der Waals surface area contributed by atoms with E-state index in [1.807, 2.05) is 0 Å². The molecule has 0 fully saturated rings. The van der Waals surface area contributed by atoms with Gasteiger partial charge in [-0.3, -0.25) is 0 Å². The zero-order valence-electron chi connectivity index (χ0n) is 17.9. The van der Waals surface area contributed by atoms with E-state index >= 15 is 0 Å². The monoisotopic (exact) mass is 359 g/mol. The summed E-state index contributed by atoms with van der Waals surface area (Å²) >= 11 is 0. The molecule has 0 saturated carbocycles. The highest BCUT2D eigenvalue weighted by Gasteiger charge is 2.01. The van der Waals surface area contributed by atoms with Crippen molar-refractivity contribution in [2.24, 2.45) is 0 Å². The molecule has 0 aliphatic rings. The molecule has 0 saturated heterocycles. The van der Waals surface area contributed by atoms with E-state index in [1.165, 1.54) is 115 Å². The molecule has 0 aliphatic carbocycles. The van der Waals surface area contributed by atoms with Gasteiger partial charge in [-0.2, -0.15) is 0 Å². The molecule has 150 valence electrons. The third-order valence-corrected chi connectivity index (χ3v) is 5.36. The maximum atomic E-state index is 2.65. The van der Waals surface area contributed by atoms with Gasteiger partial charge in [-0.1, -0.05) is 102 Å². The van der Waals surface area contributed by atoms with Crippen molar-refractivity contribution in [1.82, 2.24) is 4.90 Å². The van der Waals surface area contributed by atoms with Gasteiger partial charge >= 0.3 is 0 Å². The van der Waals surface area contributed by atoms with Crippen molar-refractivity contribution < 1.29 is 0 Å². The van der Waals surface area contributed by atoms with Crippen LogP contribution in [0.1, 0.15) is 103 Å². The molecular weight excluding hydrogens is 314 g/mol. The van der Waals surface area contributed by atoms with Crippen LogP contribution in [0.15, 0.2) is 30.3 Å². The fourth-order valence-corrected chi connectivity index (χ4v) is 3.87. The lowest BCUT2D eigenvalue weighted by molar-refractivity contribution is 0.267. The standard InChI is InChI=1S/C25H45N/c1-3-22-26(23-4-2)24-18-13-11-9-7-5-6-8-10-12-15-19-25-20-16-14-17-21-25/h14,16-17,20-21H,3-13,15,18-19,22-24H2,1-2H3. The maximum Gasteiger partial charge on any atom is -0.00187 e. The van der Waals surface area contributed by atoms with Gasteiger partial charge in [0.2, 0.25) is 0 Å². The van der Waals surface area contributed by atoms with Gasteiger partial charge in [-0.15, -0.1) is 0 Å². The molecule has 0 radical (unpaired) electrons. The summed E-state index contributed by atoms with van der Waals surface area (Å²) < 4.78 is 0. The van der Waals surface area contributed by atoms with Crippen LogP contribution in [-0.2, 0) is 6.42 Å². The predicted molar refractivity (Wildman–Crippen MR) is 118 cm³/mol. The molecule has 0 aliphatic heterocycles. The van der Waals surface area contributed by atoms with Gasteiger partial charge in [-0.05, 0) is 57.3 Å². The number of hydrogen-bond donors (Lipinski definition) is 0. The lowest BCUT2D eigenvalue weighted by Gasteiger charge is -2.20. The highest BCUT2D eigenvalue weighted by Crippen LogP contribution is 2.13. The van der Waals surface area contributed by atoms with E-state index in [0.29, 0.717) is 0 Å². The number of unbranched alkanes of at least 4 members (excludes halogenated alkanes) is 10. The van der Waals surface area contributed by atoms with Crippen molar-refractivity contribution in [3.8, 4) is 0 Å². The van der Waals surface area contributed by atoms with Gasteiger partial charge in [0.15, 0.2) is 0 Å². The van der Waals surface area contributed by atoms with Gasteiger partial charge in [-0.25, -0.2) is 0 Å². The zero-order chi connectivity index (χ0) is 18.7. The fraction of sp³-hybridized carbons (Fsp3) is 0.760. The van der Waals surface area contributed by atoms with Crippen LogP contribution in [-0.4, -0.2) is 24.5 Å². The second-order valence-electron chi connectivity index (χ2n) is 7.97. The zero-order valence-corrected chi connectivity index (χ0v) is 17.9. The van der Waals surface area contributed by atoms with Crippen LogP contribution in [0.5, 0.6) is 0 Å². The lowest BCUT2D eigenvalue weighted by Crippen LogP contribution is -2.26. The van der Waals surface area contributed by atoms with Gasteiger partial charge in [0.25, 0.3) is 0 Å². The Kier molecular flexibility index (Phi) is 15.7. The van der Waals surface area contributed by atoms with Crippen LogP contribution in [0.3, 0.4) is 0 Å². The first-order chi connectivity index (χ1) is 12.9. The quantitative estimate of drug-likeness (QED) is 0.243. The summed E-state index contributed by atoms with van der Waals surface area (Å²) in [6.45, 7) is 8.50. The Labute approximate surface area is 164 Å². The molecule has 0 aromatic heterocycles. The molecule has 0 bridgehead atoms. The second kappa shape index (κ2) is 17.6. The Morgan fingerprint density at radius 1 is 0.538 bits per heavy atom. The number of rotatable bonds is 18. The van der Waals surface area contributed by atoms with Gasteiger partial charge < -0.3 is 4.90 Å². The maximum absolute atomic E-state index is 2.65. The summed E-state index contributed by atoms with van der Waals surface area (Å²) in [4.78, 5) is 2.65. The fourth-order valence-electron chi connectivity index (χ4n) is 3.87. The van der Waals surface area contributed by atoms with E-state index in [2.05, 4.69) is 49.1 Å². The molecule has 0 N–H and O–H groups in total. The number of nitrogens with zero attached hydrogens (tertiary/aromatic N) is 1. The summed E-state index contributed by atoms with van der Waals surface area (Å²) in [5, 5.41) is 0. The van der Waals surface area contributed by atoms with E-state index < -0.39 is 0 Å². The molecule has 1 rings (SSSR count). The van der Waals surface area contributed by atoms with Gasteiger partial charge in [0.05, 0.1) is 0 Å². The van der Waals surface area contributed by atoms with E-state index in [0.717, 1.165) is 0 Å². The predicted octanol–water partition coefficient (Wildman–Crippen LogP) is 7.64. The molecule has 0 atom stereocenters. The van der Waals surface area contributed by atoms with Crippen LogP contribution in [0, 0.1) is 0 Å². The minimum atomic E-state index is 1.26. The van der Waals surface area contributed by atoms with Crippen LogP contribution < -0.4 is 0 Å². The minimum absolute atomic E-state index is 1.26. The largest absolute Gasteiger partial charge is 0.303 e. The first-order valence-electron chi connectivity index (χ1n) is 11.6. The smallest absolute Gasteiger partial charge is 0.00187 e. The van der Waals surface area contributed by atoms with Crippen LogP contribution >= 0.6 is 0 Å². The molecule has 0 unspecified atom stereocenters. The Morgan fingerprint density at radius 2 is 1.00 bits per heavy atom. The van der Waals surface area contributed by atoms with Crippen molar-refractivity contribution in [1.29, 1.82) is 0 Å². The minimum Gasteiger partial charge on any atom is -0.303 e. The molecule has 0 heterocycles. The first-order valence-corrected chi connectivity index (χ1v) is 11.6. The molecule has 0 amide bonds. The van der Waals surface area contributed by atoms with Crippen LogP contribution in [0.25, 0.3) is 0 Å². The molecule has 1 aromatic carbocycles. The Hall–Kier alpha value is -0.820. The summed E-state index contributed by atoms with van der Waals surface area (Å²) in [5.41, 5.74) is 1.50. The Bertz CT molecular complexity index is 380. The molecule has 1 heteroatoms. The average molecular weight is 360 g/mol. The van der Waals surface area contributed by atoms with Gasteiger partial charge in [0, 0.05) is 0 Å². The average Bonchev–Trinajstić information content (AvgIpc) is 2.66. The number of aryl methyl sites for hydroxylation is 1. The Balaban J connectivity index is 1.79. The van der Waals surface area contributed by atoms with E-state index in [4.69, 9.17) is 0 Å².